The third-order valence-electron chi connectivity index (χ3n) is 11.2. The lowest BCUT2D eigenvalue weighted by molar-refractivity contribution is 0.107. The molecule has 1 saturated carbocycles. The number of aryl methyl sites for hydroxylation is 1. The number of piperidine rings is 1. The van der Waals surface area contributed by atoms with Gasteiger partial charge < -0.3 is 14.4 Å². The molecule has 2 aromatic heterocycles. The van der Waals surface area contributed by atoms with Gasteiger partial charge in [0.15, 0.2) is 11.6 Å². The van der Waals surface area contributed by atoms with E-state index in [9.17, 15) is 4.39 Å². The van der Waals surface area contributed by atoms with E-state index in [-0.39, 0.29) is 52.2 Å². The molecule has 6 atom stereocenters. The highest BCUT2D eigenvalue weighted by Crippen LogP contribution is 2.53. The summed E-state index contributed by atoms with van der Waals surface area (Å²) in [5, 5.41) is 5.28. The van der Waals surface area contributed by atoms with Crippen LogP contribution < -0.4 is 14.4 Å². The Morgan fingerprint density at radius 2 is 2.02 bits per heavy atom. The minimum atomic E-state index is -0.909. The summed E-state index contributed by atoms with van der Waals surface area (Å²) in [7, 11) is 1.68. The second-order valence-electron chi connectivity index (χ2n) is 13.8. The van der Waals surface area contributed by atoms with E-state index in [1.807, 2.05) is 6.92 Å². The molecule has 1 aliphatic carbocycles. The van der Waals surface area contributed by atoms with Gasteiger partial charge in [0.2, 0.25) is 0 Å². The maximum absolute atomic E-state index is 17.1. The zero-order valence-corrected chi connectivity index (χ0v) is 26.0. The van der Waals surface area contributed by atoms with Crippen molar-refractivity contribution in [2.24, 2.45) is 18.9 Å². The van der Waals surface area contributed by atoms with E-state index < -0.39 is 23.3 Å². The number of anilines is 1. The first-order valence-corrected chi connectivity index (χ1v) is 16.4. The third-order valence-corrected chi connectivity index (χ3v) is 11.6. The standard InChI is InChI=1S/C33H34ClF3N6O2/c1-16-28-18-5-4-17(10-18)13-43(28)31-24-27(39-32(40-31)44-15-33-8-3-9-42(33)14-20(35)11-33)26(37)23(25(34)30(24)45-16)22-21(36)7-6-19-12-38-41(2)29(19)22/h6-7,12,16-18,20,28H,3-5,8-11,13-15H2,1-2H3/t16-,17-,18+,20+,28+,33-/m0/s1. The second kappa shape index (κ2) is 9.84. The second-order valence-corrected chi connectivity index (χ2v) is 14.2. The summed E-state index contributed by atoms with van der Waals surface area (Å²) in [6, 6.07) is 2.92. The van der Waals surface area contributed by atoms with Gasteiger partial charge in [0.1, 0.15) is 36.0 Å². The first kappa shape index (κ1) is 28.0. The molecule has 3 saturated heterocycles. The number of alkyl halides is 1. The molecule has 236 valence electrons. The van der Waals surface area contributed by atoms with Gasteiger partial charge in [-0.2, -0.15) is 15.1 Å². The molecule has 5 aliphatic rings. The summed E-state index contributed by atoms with van der Waals surface area (Å²) in [4.78, 5) is 14.0. The highest BCUT2D eigenvalue weighted by Gasteiger charge is 2.50. The maximum Gasteiger partial charge on any atom is 0.319 e. The topological polar surface area (TPSA) is 68.5 Å². The van der Waals surface area contributed by atoms with Crippen LogP contribution in [-0.4, -0.2) is 74.7 Å². The maximum atomic E-state index is 17.1. The van der Waals surface area contributed by atoms with E-state index in [0.29, 0.717) is 46.9 Å². The van der Waals surface area contributed by atoms with Crippen LogP contribution in [-0.2, 0) is 7.05 Å². The molecule has 0 unspecified atom stereocenters. The van der Waals surface area contributed by atoms with Gasteiger partial charge in [-0.15, -0.1) is 0 Å². The number of aromatic nitrogens is 4. The van der Waals surface area contributed by atoms with Gasteiger partial charge in [0.05, 0.1) is 33.7 Å². The number of benzene rings is 2. The van der Waals surface area contributed by atoms with E-state index in [1.54, 1.807) is 19.3 Å². The Hall–Kier alpha value is -3.31. The summed E-state index contributed by atoms with van der Waals surface area (Å²) in [6.07, 6.45) is 5.89. The first-order valence-electron chi connectivity index (χ1n) is 16.0. The van der Waals surface area contributed by atoms with Crippen LogP contribution in [0.15, 0.2) is 18.3 Å². The number of hydrogen-bond acceptors (Lipinski definition) is 7. The summed E-state index contributed by atoms with van der Waals surface area (Å²) in [5.41, 5.74) is -0.194. The van der Waals surface area contributed by atoms with Crippen molar-refractivity contribution in [1.82, 2.24) is 24.6 Å². The molecule has 12 heteroatoms. The number of hydrogen-bond donors (Lipinski definition) is 0. The lowest BCUT2D eigenvalue weighted by Gasteiger charge is -2.42. The molecule has 4 fully saturated rings. The number of ether oxygens (including phenoxy) is 2. The molecular formula is C33H34ClF3N6O2. The predicted molar refractivity (Wildman–Crippen MR) is 165 cm³/mol. The van der Waals surface area contributed by atoms with E-state index in [1.165, 1.54) is 10.7 Å². The monoisotopic (exact) mass is 638 g/mol. The number of nitrogens with zero attached hydrogens (tertiary/aromatic N) is 6. The fourth-order valence-corrected chi connectivity index (χ4v) is 9.65. The summed E-state index contributed by atoms with van der Waals surface area (Å²) >= 11 is 7.09. The smallest absolute Gasteiger partial charge is 0.319 e. The van der Waals surface area contributed by atoms with Crippen molar-refractivity contribution in [3.8, 4) is 22.9 Å². The molecule has 2 aromatic carbocycles. The predicted octanol–water partition coefficient (Wildman–Crippen LogP) is 6.46. The molecule has 45 heavy (non-hydrogen) atoms. The molecular weight excluding hydrogens is 605 g/mol. The van der Waals surface area contributed by atoms with Crippen molar-refractivity contribution in [3.63, 3.8) is 0 Å². The van der Waals surface area contributed by atoms with Gasteiger partial charge in [-0.25, -0.2) is 13.2 Å². The van der Waals surface area contributed by atoms with E-state index in [4.69, 9.17) is 26.1 Å². The molecule has 0 amide bonds. The van der Waals surface area contributed by atoms with E-state index in [0.717, 1.165) is 45.2 Å². The van der Waals surface area contributed by atoms with Gasteiger partial charge in [-0.1, -0.05) is 11.6 Å². The summed E-state index contributed by atoms with van der Waals surface area (Å²) in [5.74, 6) is 0.243. The lowest BCUT2D eigenvalue weighted by atomic mass is 9.87. The fourth-order valence-electron chi connectivity index (χ4n) is 9.33. The molecule has 0 spiro atoms. The Balaban J connectivity index is 1.27. The van der Waals surface area contributed by atoms with E-state index >= 15 is 8.78 Å². The van der Waals surface area contributed by atoms with Crippen LogP contribution in [0, 0.1) is 23.5 Å². The average molecular weight is 639 g/mol. The Bertz CT molecular complexity index is 1890. The van der Waals surface area contributed by atoms with Crippen LogP contribution in [0.3, 0.4) is 0 Å². The summed E-state index contributed by atoms with van der Waals surface area (Å²) in [6.45, 7) is 4.20. The summed E-state index contributed by atoms with van der Waals surface area (Å²) < 4.78 is 61.9. The number of fused-ring (bicyclic) bond motifs is 7. The largest absolute Gasteiger partial charge is 0.486 e. The number of halogens is 4. The highest BCUT2D eigenvalue weighted by molar-refractivity contribution is 6.37. The van der Waals surface area contributed by atoms with Crippen molar-refractivity contribution < 1.29 is 22.6 Å². The Kier molecular flexibility index (Phi) is 6.12. The molecule has 2 bridgehead atoms. The minimum Gasteiger partial charge on any atom is -0.486 e. The first-order chi connectivity index (χ1) is 21.7. The molecule has 6 heterocycles. The van der Waals surface area contributed by atoms with Crippen LogP contribution in [0.1, 0.15) is 45.4 Å². The van der Waals surface area contributed by atoms with Crippen LogP contribution in [0.5, 0.6) is 11.8 Å². The average Bonchev–Trinajstić information content (AvgIpc) is 3.75. The minimum absolute atomic E-state index is 0.00603. The van der Waals surface area contributed by atoms with Crippen molar-refractivity contribution in [1.29, 1.82) is 0 Å². The van der Waals surface area contributed by atoms with Crippen LogP contribution in [0.25, 0.3) is 32.9 Å². The lowest BCUT2D eigenvalue weighted by Crippen LogP contribution is -2.52. The van der Waals surface area contributed by atoms with Crippen molar-refractivity contribution in [2.75, 3.05) is 31.1 Å². The quantitative estimate of drug-likeness (QED) is 0.254. The van der Waals surface area contributed by atoms with Gasteiger partial charge in [-0.3, -0.25) is 9.58 Å². The van der Waals surface area contributed by atoms with Crippen LogP contribution in [0.4, 0.5) is 19.0 Å². The van der Waals surface area contributed by atoms with Crippen molar-refractivity contribution in [2.45, 2.75) is 69.3 Å². The SMILES string of the molecule is C[C@@H]1Oc2c(Cl)c(-c3c(F)ccc4cnn(C)c34)c(F)c3nc(OC[C@@]45CCCN4C[C@H](F)C5)nc(c23)N2C[C@H]3CC[C@H](C3)[C@@H]12. The highest BCUT2D eigenvalue weighted by atomic mass is 35.5. The molecule has 8 nitrogen and oxygen atoms in total. The molecule has 9 rings (SSSR count). The van der Waals surface area contributed by atoms with Crippen molar-refractivity contribution in [3.05, 3.63) is 35.0 Å². The van der Waals surface area contributed by atoms with Gasteiger partial charge in [0, 0.05) is 43.1 Å². The molecule has 4 aromatic rings. The van der Waals surface area contributed by atoms with Gasteiger partial charge in [0.25, 0.3) is 0 Å². The Morgan fingerprint density at radius 1 is 1.16 bits per heavy atom. The number of rotatable bonds is 4. The van der Waals surface area contributed by atoms with E-state index in [2.05, 4.69) is 19.9 Å². The zero-order chi connectivity index (χ0) is 30.8. The fraction of sp³-hybridized carbons (Fsp3) is 0.545. The molecule has 0 radical (unpaired) electrons. The normalized spacial score (nSPS) is 30.5. The molecule has 0 N–H and O–H groups in total. The van der Waals surface area contributed by atoms with Crippen LogP contribution >= 0.6 is 11.6 Å². The molecule has 4 aliphatic heterocycles. The van der Waals surface area contributed by atoms with Gasteiger partial charge in [-0.05, 0) is 69.5 Å². The van der Waals surface area contributed by atoms with Gasteiger partial charge >= 0.3 is 6.01 Å². The zero-order valence-electron chi connectivity index (χ0n) is 25.2. The third kappa shape index (κ3) is 3.98. The van der Waals surface area contributed by atoms with Crippen molar-refractivity contribution >= 4 is 39.2 Å². The Morgan fingerprint density at radius 3 is 2.89 bits per heavy atom. The van der Waals surface area contributed by atoms with Crippen LogP contribution in [0.2, 0.25) is 5.02 Å². The Labute approximate surface area is 263 Å².